The average Bonchev–Trinajstić information content (AvgIpc) is 2.67. The molecule has 1 aliphatic heterocycles. The third kappa shape index (κ3) is 2.30. The smallest absolute Gasteiger partial charge is 0.0472 e. The van der Waals surface area contributed by atoms with Gasteiger partial charge in [0.2, 0.25) is 0 Å². The summed E-state index contributed by atoms with van der Waals surface area (Å²) in [6.07, 6.45) is 1.94. The zero-order valence-corrected chi connectivity index (χ0v) is 10.3. The van der Waals surface area contributed by atoms with Crippen LogP contribution in [0.2, 0.25) is 0 Å². The maximum atomic E-state index is 4.44. The van der Waals surface area contributed by atoms with E-state index in [-0.39, 0.29) is 0 Å². The van der Waals surface area contributed by atoms with Crippen LogP contribution in [0.15, 0.2) is 12.3 Å². The highest BCUT2D eigenvalue weighted by atomic mass is 32.2. The second kappa shape index (κ2) is 5.40. The molecule has 0 unspecified atom stereocenters. The number of rotatable bonds is 1. The van der Waals surface area contributed by atoms with Gasteiger partial charge >= 0.3 is 0 Å². The molecule has 0 amide bonds. The minimum absolute atomic E-state index is 0.568. The van der Waals surface area contributed by atoms with Crippen molar-refractivity contribution in [1.29, 1.82) is 0 Å². The molecule has 2 heteroatoms. The summed E-state index contributed by atoms with van der Waals surface area (Å²) < 4.78 is 0. The van der Waals surface area contributed by atoms with E-state index in [4.69, 9.17) is 0 Å². The van der Waals surface area contributed by atoms with Gasteiger partial charge in [0.05, 0.1) is 0 Å². The van der Waals surface area contributed by atoms with Gasteiger partial charge in [0.1, 0.15) is 0 Å². The van der Waals surface area contributed by atoms with Gasteiger partial charge < -0.3 is 0 Å². The molecule has 0 aromatic carbocycles. The Morgan fingerprint density at radius 2 is 2.00 bits per heavy atom. The lowest BCUT2D eigenvalue weighted by Gasteiger charge is -2.08. The van der Waals surface area contributed by atoms with Crippen molar-refractivity contribution < 1.29 is 0 Å². The average molecular weight is 209 g/mol. The van der Waals surface area contributed by atoms with E-state index in [0.29, 0.717) is 5.92 Å². The maximum Gasteiger partial charge on any atom is 0.0472 e. The molecule has 0 spiro atoms. The molecule has 14 heavy (non-hydrogen) atoms. The number of aromatic nitrogens is 1. The number of nitrogens with zero attached hydrogens (tertiary/aromatic N) is 1. The number of hydrogen-bond donors (Lipinski definition) is 0. The van der Waals surface area contributed by atoms with E-state index in [9.17, 15) is 0 Å². The van der Waals surface area contributed by atoms with Crippen LogP contribution in [0.5, 0.6) is 0 Å². The second-order valence-electron chi connectivity index (χ2n) is 3.48. The molecule has 0 bridgehead atoms. The highest BCUT2D eigenvalue weighted by molar-refractivity contribution is 7.98. The third-order valence-electron chi connectivity index (χ3n) is 2.24. The van der Waals surface area contributed by atoms with E-state index in [1.165, 1.54) is 22.6 Å². The summed E-state index contributed by atoms with van der Waals surface area (Å²) in [6.45, 7) is 8.43. The van der Waals surface area contributed by atoms with Crippen LogP contribution in [0.3, 0.4) is 0 Å². The van der Waals surface area contributed by atoms with E-state index in [2.05, 4.69) is 24.9 Å². The normalized spacial score (nSPS) is 13.5. The Kier molecular flexibility index (Phi) is 4.46. The van der Waals surface area contributed by atoms with Crippen molar-refractivity contribution in [2.75, 3.05) is 0 Å². The summed E-state index contributed by atoms with van der Waals surface area (Å²) in [5.41, 5.74) is 4.30. The first-order chi connectivity index (χ1) is 6.79. The third-order valence-corrected chi connectivity index (χ3v) is 3.24. The quantitative estimate of drug-likeness (QED) is 0.694. The van der Waals surface area contributed by atoms with Crippen molar-refractivity contribution in [3.8, 4) is 0 Å². The lowest BCUT2D eigenvalue weighted by Crippen LogP contribution is -1.98. The molecule has 0 radical (unpaired) electrons. The Labute approximate surface area is 91.3 Å². The Morgan fingerprint density at radius 1 is 1.29 bits per heavy atom. The lowest BCUT2D eigenvalue weighted by atomic mass is 10.0. The SMILES string of the molecule is CC.CC(C)c1nccc2c1CSC2. The van der Waals surface area contributed by atoms with Gasteiger partial charge in [0.25, 0.3) is 0 Å². The van der Waals surface area contributed by atoms with Gasteiger partial charge in [0.15, 0.2) is 0 Å². The van der Waals surface area contributed by atoms with Crippen molar-refractivity contribution >= 4 is 11.8 Å². The van der Waals surface area contributed by atoms with Gasteiger partial charge in [0, 0.05) is 23.4 Å². The first-order valence-electron chi connectivity index (χ1n) is 5.33. The Bertz CT molecular complexity index is 294. The molecule has 2 heterocycles. The topological polar surface area (TPSA) is 12.9 Å². The number of hydrogen-bond acceptors (Lipinski definition) is 2. The highest BCUT2D eigenvalue weighted by Gasteiger charge is 2.16. The van der Waals surface area contributed by atoms with Gasteiger partial charge in [-0.25, -0.2) is 0 Å². The molecule has 1 aromatic rings. The Morgan fingerprint density at radius 3 is 2.64 bits per heavy atom. The summed E-state index contributed by atoms with van der Waals surface area (Å²) in [5, 5.41) is 0. The van der Waals surface area contributed by atoms with Crippen molar-refractivity contribution in [1.82, 2.24) is 4.98 Å². The van der Waals surface area contributed by atoms with Gasteiger partial charge in [-0.05, 0) is 23.1 Å². The fourth-order valence-electron chi connectivity index (χ4n) is 1.61. The molecule has 1 aliphatic rings. The molecule has 2 rings (SSSR count). The predicted molar refractivity (Wildman–Crippen MR) is 64.7 cm³/mol. The molecular formula is C12H19NS. The molecular weight excluding hydrogens is 190 g/mol. The van der Waals surface area contributed by atoms with Crippen LogP contribution in [0, 0.1) is 0 Å². The van der Waals surface area contributed by atoms with Crippen LogP contribution in [0.25, 0.3) is 0 Å². The number of fused-ring (bicyclic) bond motifs is 1. The van der Waals surface area contributed by atoms with Gasteiger partial charge in [-0.15, -0.1) is 0 Å². The van der Waals surface area contributed by atoms with E-state index in [0.717, 1.165) is 5.75 Å². The largest absolute Gasteiger partial charge is 0.261 e. The molecule has 0 saturated carbocycles. The fourth-order valence-corrected chi connectivity index (χ4v) is 2.74. The Hall–Kier alpha value is -0.500. The molecule has 1 nitrogen and oxygen atoms in total. The minimum Gasteiger partial charge on any atom is -0.261 e. The van der Waals surface area contributed by atoms with Crippen molar-refractivity contribution in [2.45, 2.75) is 45.1 Å². The first kappa shape index (κ1) is 11.6. The van der Waals surface area contributed by atoms with Crippen molar-refractivity contribution in [2.24, 2.45) is 0 Å². The predicted octanol–water partition coefficient (Wildman–Crippen LogP) is 3.98. The number of thioether (sulfide) groups is 1. The summed E-state index contributed by atoms with van der Waals surface area (Å²) >= 11 is 1.99. The lowest BCUT2D eigenvalue weighted by molar-refractivity contribution is 0.808. The van der Waals surface area contributed by atoms with Gasteiger partial charge in [-0.2, -0.15) is 11.8 Å². The summed E-state index contributed by atoms with van der Waals surface area (Å²) in [4.78, 5) is 4.44. The highest BCUT2D eigenvalue weighted by Crippen LogP contribution is 2.33. The van der Waals surface area contributed by atoms with E-state index < -0.39 is 0 Å². The monoisotopic (exact) mass is 209 g/mol. The van der Waals surface area contributed by atoms with Crippen molar-refractivity contribution in [3.63, 3.8) is 0 Å². The van der Waals surface area contributed by atoms with E-state index in [1.807, 2.05) is 31.8 Å². The molecule has 0 N–H and O–H groups in total. The second-order valence-corrected chi connectivity index (χ2v) is 4.47. The first-order valence-corrected chi connectivity index (χ1v) is 6.49. The van der Waals surface area contributed by atoms with Crippen LogP contribution >= 0.6 is 11.8 Å². The summed E-state index contributed by atoms with van der Waals surface area (Å²) in [7, 11) is 0. The van der Waals surface area contributed by atoms with Crippen LogP contribution in [-0.4, -0.2) is 4.98 Å². The molecule has 0 saturated heterocycles. The van der Waals surface area contributed by atoms with E-state index >= 15 is 0 Å². The van der Waals surface area contributed by atoms with Gasteiger partial charge in [-0.1, -0.05) is 27.7 Å². The van der Waals surface area contributed by atoms with Crippen molar-refractivity contribution in [3.05, 3.63) is 29.1 Å². The van der Waals surface area contributed by atoms with Gasteiger partial charge in [-0.3, -0.25) is 4.98 Å². The standard InChI is InChI=1S/C10H13NS.C2H6/c1-7(2)10-9-6-12-5-8(9)3-4-11-10;1-2/h3-4,7H,5-6H2,1-2H3;1-2H3. The molecule has 0 atom stereocenters. The summed E-state index contributed by atoms with van der Waals surface area (Å²) in [5.74, 6) is 2.91. The molecule has 78 valence electrons. The minimum atomic E-state index is 0.568. The van der Waals surface area contributed by atoms with Crippen LogP contribution in [0.4, 0.5) is 0 Å². The maximum absolute atomic E-state index is 4.44. The van der Waals surface area contributed by atoms with Crippen LogP contribution in [-0.2, 0) is 11.5 Å². The molecule has 0 aliphatic carbocycles. The summed E-state index contributed by atoms with van der Waals surface area (Å²) in [6, 6.07) is 2.15. The van der Waals surface area contributed by atoms with Crippen LogP contribution < -0.4 is 0 Å². The molecule has 1 aromatic heterocycles. The number of pyridine rings is 1. The van der Waals surface area contributed by atoms with Crippen LogP contribution in [0.1, 0.15) is 50.4 Å². The zero-order chi connectivity index (χ0) is 10.6. The zero-order valence-electron chi connectivity index (χ0n) is 9.50. The fraction of sp³-hybridized carbons (Fsp3) is 0.583. The molecule has 0 fully saturated rings. The Balaban J connectivity index is 0.000000461. The van der Waals surface area contributed by atoms with E-state index in [1.54, 1.807) is 0 Å².